The van der Waals surface area contributed by atoms with E-state index >= 15 is 0 Å². The van der Waals surface area contributed by atoms with Crippen molar-refractivity contribution in [2.24, 2.45) is 5.92 Å². The van der Waals surface area contributed by atoms with Crippen molar-refractivity contribution in [3.05, 3.63) is 34.9 Å². The lowest BCUT2D eigenvalue weighted by Crippen LogP contribution is -2.61. The maximum absolute atomic E-state index is 9.89. The molecule has 0 spiro atoms. The Morgan fingerprint density at radius 3 is 2.39 bits per heavy atom. The van der Waals surface area contributed by atoms with Gasteiger partial charge in [0.15, 0.2) is 0 Å². The summed E-state index contributed by atoms with van der Waals surface area (Å²) in [6, 6.07) is 8.33. The molecule has 0 aromatic heterocycles. The number of nitrogens with one attached hydrogen (secondary N) is 1. The lowest BCUT2D eigenvalue weighted by Gasteiger charge is -2.48. The van der Waals surface area contributed by atoms with Crippen LogP contribution in [0.5, 0.6) is 0 Å². The normalized spacial score (nSPS) is 25.5. The molecule has 0 saturated carbocycles. The van der Waals surface area contributed by atoms with Gasteiger partial charge in [0.25, 0.3) is 0 Å². The molecule has 1 aromatic rings. The Morgan fingerprint density at radius 1 is 1.26 bits per heavy atom. The van der Waals surface area contributed by atoms with Gasteiger partial charge in [-0.05, 0) is 43.4 Å². The molecule has 1 aromatic carbocycles. The maximum atomic E-state index is 9.89. The highest BCUT2D eigenvalue weighted by Crippen LogP contribution is 2.32. The standard InChI is InChI=1S/C18H29ClN2O2/c1-13(2)18(10-17(23)11-22)8-9-21(12-20-18)14(3)15-4-6-16(19)7-5-15/h4-7,13-14,17,20,22-23H,8-12H2,1-3H3. The third kappa shape index (κ3) is 4.46. The smallest absolute Gasteiger partial charge is 0.0788 e. The highest BCUT2D eigenvalue weighted by atomic mass is 35.5. The molecule has 23 heavy (non-hydrogen) atoms. The molecule has 1 aliphatic heterocycles. The van der Waals surface area contributed by atoms with Gasteiger partial charge in [-0.25, -0.2) is 0 Å². The van der Waals surface area contributed by atoms with E-state index in [1.54, 1.807) is 0 Å². The predicted octanol–water partition coefficient (Wildman–Crippen LogP) is 2.79. The molecule has 4 nitrogen and oxygen atoms in total. The summed E-state index contributed by atoms with van der Waals surface area (Å²) in [7, 11) is 0. The van der Waals surface area contributed by atoms with Gasteiger partial charge < -0.3 is 10.2 Å². The number of benzene rings is 1. The monoisotopic (exact) mass is 340 g/mol. The van der Waals surface area contributed by atoms with Crippen molar-refractivity contribution in [1.82, 2.24) is 10.2 Å². The predicted molar refractivity (Wildman–Crippen MR) is 94.5 cm³/mol. The molecule has 1 saturated heterocycles. The minimum absolute atomic E-state index is 0.113. The molecule has 1 fully saturated rings. The van der Waals surface area contributed by atoms with Gasteiger partial charge in [0.1, 0.15) is 0 Å². The fourth-order valence-corrected chi connectivity index (χ4v) is 3.57. The minimum atomic E-state index is -0.662. The van der Waals surface area contributed by atoms with Crippen molar-refractivity contribution in [2.75, 3.05) is 19.8 Å². The first kappa shape index (κ1) is 18.7. The number of nitrogens with zero attached hydrogens (tertiary/aromatic N) is 1. The number of hydrogen-bond donors (Lipinski definition) is 3. The zero-order valence-corrected chi connectivity index (χ0v) is 15.1. The average Bonchev–Trinajstić information content (AvgIpc) is 2.55. The molecule has 3 unspecified atom stereocenters. The van der Waals surface area contributed by atoms with Crippen molar-refractivity contribution >= 4 is 11.6 Å². The van der Waals surface area contributed by atoms with Crippen LogP contribution in [0.1, 0.15) is 45.2 Å². The van der Waals surface area contributed by atoms with E-state index in [-0.39, 0.29) is 12.1 Å². The molecule has 3 N–H and O–H groups in total. The molecule has 0 bridgehead atoms. The first-order valence-electron chi connectivity index (χ1n) is 8.41. The summed E-state index contributed by atoms with van der Waals surface area (Å²) < 4.78 is 0. The van der Waals surface area contributed by atoms with Crippen molar-refractivity contribution in [1.29, 1.82) is 0 Å². The first-order valence-corrected chi connectivity index (χ1v) is 8.79. The SMILES string of the molecule is CC(c1ccc(Cl)cc1)N1CCC(CC(O)CO)(C(C)C)NC1. The van der Waals surface area contributed by atoms with E-state index in [0.717, 1.165) is 24.7 Å². The Kier molecular flexibility index (Phi) is 6.46. The molecule has 0 radical (unpaired) electrons. The van der Waals surface area contributed by atoms with Gasteiger partial charge in [0.2, 0.25) is 0 Å². The zero-order chi connectivity index (χ0) is 17.0. The largest absolute Gasteiger partial charge is 0.394 e. The second-order valence-corrected chi connectivity index (χ2v) is 7.41. The molecule has 3 atom stereocenters. The number of halogens is 1. The Bertz CT molecular complexity index is 484. The minimum Gasteiger partial charge on any atom is -0.394 e. The first-order chi connectivity index (χ1) is 10.9. The Morgan fingerprint density at radius 2 is 1.91 bits per heavy atom. The lowest BCUT2D eigenvalue weighted by molar-refractivity contribution is 0.00754. The summed E-state index contributed by atoms with van der Waals surface area (Å²) in [6.07, 6.45) is 0.884. The van der Waals surface area contributed by atoms with Crippen LogP contribution in [-0.4, -0.2) is 46.6 Å². The molecular formula is C18H29ClN2O2. The van der Waals surface area contributed by atoms with Crippen LogP contribution in [0.25, 0.3) is 0 Å². The molecule has 5 heteroatoms. The summed E-state index contributed by atoms with van der Waals surface area (Å²) >= 11 is 5.97. The van der Waals surface area contributed by atoms with Crippen LogP contribution in [0.2, 0.25) is 5.02 Å². The van der Waals surface area contributed by atoms with E-state index in [1.807, 2.05) is 12.1 Å². The van der Waals surface area contributed by atoms with Crippen LogP contribution in [0.3, 0.4) is 0 Å². The number of aliphatic hydroxyl groups excluding tert-OH is 2. The van der Waals surface area contributed by atoms with E-state index in [0.29, 0.717) is 18.4 Å². The van der Waals surface area contributed by atoms with Crippen molar-refractivity contribution in [3.63, 3.8) is 0 Å². The second kappa shape index (κ2) is 7.95. The lowest BCUT2D eigenvalue weighted by atomic mass is 9.77. The van der Waals surface area contributed by atoms with Gasteiger partial charge >= 0.3 is 0 Å². The van der Waals surface area contributed by atoms with E-state index in [2.05, 4.69) is 43.1 Å². The molecule has 130 valence electrons. The zero-order valence-electron chi connectivity index (χ0n) is 14.3. The number of aliphatic hydroxyl groups is 2. The summed E-state index contributed by atoms with van der Waals surface area (Å²) in [6.45, 7) is 8.12. The van der Waals surface area contributed by atoms with Gasteiger partial charge in [-0.15, -0.1) is 0 Å². The Balaban J connectivity index is 2.02. The van der Waals surface area contributed by atoms with Crippen LogP contribution >= 0.6 is 11.6 Å². The van der Waals surface area contributed by atoms with Gasteiger partial charge in [-0.2, -0.15) is 0 Å². The Labute approximate surface area is 144 Å². The van der Waals surface area contributed by atoms with Gasteiger partial charge in [0, 0.05) is 29.8 Å². The third-order valence-electron chi connectivity index (χ3n) is 5.30. The van der Waals surface area contributed by atoms with Crippen LogP contribution < -0.4 is 5.32 Å². The quantitative estimate of drug-likeness (QED) is 0.745. The van der Waals surface area contributed by atoms with Crippen molar-refractivity contribution in [3.8, 4) is 0 Å². The van der Waals surface area contributed by atoms with Crippen molar-refractivity contribution in [2.45, 2.75) is 51.3 Å². The van der Waals surface area contributed by atoms with E-state index < -0.39 is 6.10 Å². The molecule has 1 heterocycles. The summed E-state index contributed by atoms with van der Waals surface area (Å²) in [4.78, 5) is 2.40. The highest BCUT2D eigenvalue weighted by molar-refractivity contribution is 6.30. The Hall–Kier alpha value is -0.650. The van der Waals surface area contributed by atoms with Crippen LogP contribution in [0.4, 0.5) is 0 Å². The summed E-state index contributed by atoms with van der Waals surface area (Å²) in [5.41, 5.74) is 1.14. The molecule has 1 aliphatic rings. The van der Waals surface area contributed by atoms with Gasteiger partial charge in [-0.1, -0.05) is 37.6 Å². The van der Waals surface area contributed by atoms with Crippen molar-refractivity contribution < 1.29 is 10.2 Å². The third-order valence-corrected chi connectivity index (χ3v) is 5.55. The number of rotatable bonds is 6. The van der Waals surface area contributed by atoms with Crippen LogP contribution in [-0.2, 0) is 0 Å². The molecule has 0 aliphatic carbocycles. The van der Waals surface area contributed by atoms with Gasteiger partial charge in [0.05, 0.1) is 12.7 Å². The van der Waals surface area contributed by atoms with E-state index in [4.69, 9.17) is 11.6 Å². The highest BCUT2D eigenvalue weighted by Gasteiger charge is 2.39. The van der Waals surface area contributed by atoms with Crippen LogP contribution in [0, 0.1) is 5.92 Å². The summed E-state index contributed by atoms with van der Waals surface area (Å²) in [5, 5.41) is 23.5. The fraction of sp³-hybridized carbons (Fsp3) is 0.667. The average molecular weight is 341 g/mol. The van der Waals surface area contributed by atoms with Gasteiger partial charge in [-0.3, -0.25) is 10.2 Å². The topological polar surface area (TPSA) is 55.7 Å². The second-order valence-electron chi connectivity index (χ2n) is 6.98. The number of hydrogen-bond acceptors (Lipinski definition) is 4. The van der Waals surface area contributed by atoms with Crippen LogP contribution in [0.15, 0.2) is 24.3 Å². The summed E-state index contributed by atoms with van der Waals surface area (Å²) in [5.74, 6) is 0.400. The van der Waals surface area contributed by atoms with E-state index in [9.17, 15) is 10.2 Å². The van der Waals surface area contributed by atoms with E-state index in [1.165, 1.54) is 5.56 Å². The fourth-order valence-electron chi connectivity index (χ4n) is 3.44. The molecular weight excluding hydrogens is 312 g/mol. The molecule has 2 rings (SSSR count). The maximum Gasteiger partial charge on any atom is 0.0788 e. The molecule has 0 amide bonds.